The van der Waals surface area contributed by atoms with E-state index in [1.807, 2.05) is 0 Å². The lowest BCUT2D eigenvalue weighted by atomic mass is 9.99. The molecule has 80 valence electrons. The molecule has 0 aromatic rings. The summed E-state index contributed by atoms with van der Waals surface area (Å²) in [6.07, 6.45) is 0.594. The van der Waals surface area contributed by atoms with Crippen LogP contribution in [0.1, 0.15) is 13.3 Å². The smallest absolute Gasteiger partial charge is 0.152 e. The van der Waals surface area contributed by atoms with Crippen molar-refractivity contribution < 1.29 is 8.42 Å². The van der Waals surface area contributed by atoms with Gasteiger partial charge < -0.3 is 5.73 Å². The van der Waals surface area contributed by atoms with Gasteiger partial charge in [-0.1, -0.05) is 5.92 Å². The number of hydrogen-bond donors (Lipinski definition) is 2. The molecule has 1 aliphatic rings. The van der Waals surface area contributed by atoms with Crippen LogP contribution in [0.2, 0.25) is 0 Å². The molecular weight excluding hydrogens is 200 g/mol. The number of nitrogens with one attached hydrogen (secondary N) is 1. The van der Waals surface area contributed by atoms with Crippen molar-refractivity contribution in [2.75, 3.05) is 24.6 Å². The normalized spacial score (nSPS) is 29.6. The first-order valence-electron chi connectivity index (χ1n) is 4.59. The molecule has 0 radical (unpaired) electrons. The molecule has 0 spiro atoms. The van der Waals surface area contributed by atoms with Gasteiger partial charge in [-0.3, -0.25) is 5.32 Å². The predicted molar refractivity (Wildman–Crippen MR) is 56.5 cm³/mol. The van der Waals surface area contributed by atoms with Crippen molar-refractivity contribution in [2.45, 2.75) is 18.9 Å². The van der Waals surface area contributed by atoms with E-state index in [0.717, 1.165) is 0 Å². The Morgan fingerprint density at radius 3 is 2.71 bits per heavy atom. The summed E-state index contributed by atoms with van der Waals surface area (Å²) in [5.74, 6) is 5.97. The molecule has 0 bridgehead atoms. The van der Waals surface area contributed by atoms with Crippen molar-refractivity contribution >= 4 is 9.84 Å². The van der Waals surface area contributed by atoms with Crippen molar-refractivity contribution in [1.82, 2.24) is 5.32 Å². The van der Waals surface area contributed by atoms with Crippen LogP contribution in [0.5, 0.6) is 0 Å². The molecule has 1 saturated heterocycles. The molecule has 0 aromatic carbocycles. The second-order valence-electron chi connectivity index (χ2n) is 3.61. The number of nitrogens with two attached hydrogens (primary N) is 1. The van der Waals surface area contributed by atoms with Gasteiger partial charge in [0.05, 0.1) is 18.1 Å². The molecule has 0 saturated carbocycles. The highest BCUT2D eigenvalue weighted by Crippen LogP contribution is 2.21. The highest BCUT2D eigenvalue weighted by atomic mass is 32.2. The Morgan fingerprint density at radius 1 is 1.57 bits per heavy atom. The highest BCUT2D eigenvalue weighted by Gasteiger charge is 2.40. The van der Waals surface area contributed by atoms with Crippen molar-refractivity contribution in [1.29, 1.82) is 0 Å². The van der Waals surface area contributed by atoms with Gasteiger partial charge in [0.15, 0.2) is 9.84 Å². The minimum absolute atomic E-state index is 0.141. The third-order valence-corrected chi connectivity index (χ3v) is 4.33. The summed E-state index contributed by atoms with van der Waals surface area (Å²) in [5, 5.41) is 3.12. The van der Waals surface area contributed by atoms with Gasteiger partial charge in [-0.25, -0.2) is 8.42 Å². The largest absolute Gasteiger partial charge is 0.329 e. The molecule has 1 rings (SSSR count). The van der Waals surface area contributed by atoms with Gasteiger partial charge in [-0.15, -0.1) is 5.92 Å². The molecule has 1 fully saturated rings. The zero-order chi connectivity index (χ0) is 10.7. The third-order valence-electron chi connectivity index (χ3n) is 2.51. The van der Waals surface area contributed by atoms with Gasteiger partial charge in [0.2, 0.25) is 0 Å². The van der Waals surface area contributed by atoms with E-state index >= 15 is 0 Å². The maximum Gasteiger partial charge on any atom is 0.152 e. The number of sulfone groups is 1. The van der Waals surface area contributed by atoms with Crippen LogP contribution in [0, 0.1) is 11.8 Å². The van der Waals surface area contributed by atoms with Crippen LogP contribution in [0.3, 0.4) is 0 Å². The highest BCUT2D eigenvalue weighted by molar-refractivity contribution is 7.91. The zero-order valence-electron chi connectivity index (χ0n) is 8.34. The number of rotatable bonds is 3. The second-order valence-corrected chi connectivity index (χ2v) is 5.79. The van der Waals surface area contributed by atoms with E-state index in [1.54, 1.807) is 6.92 Å². The summed E-state index contributed by atoms with van der Waals surface area (Å²) in [4.78, 5) is 0. The first-order chi connectivity index (χ1) is 6.54. The maximum absolute atomic E-state index is 11.3. The van der Waals surface area contributed by atoms with Crippen molar-refractivity contribution in [3.63, 3.8) is 0 Å². The Morgan fingerprint density at radius 2 is 2.29 bits per heavy atom. The predicted octanol–water partition coefficient (Wildman–Crippen LogP) is -0.885. The van der Waals surface area contributed by atoms with Gasteiger partial charge in [-0.2, -0.15) is 0 Å². The SMILES string of the molecule is CC#CCNC1(CN)CCS(=O)(=O)C1. The third kappa shape index (κ3) is 2.71. The van der Waals surface area contributed by atoms with Crippen molar-refractivity contribution in [2.24, 2.45) is 5.73 Å². The van der Waals surface area contributed by atoms with E-state index in [1.165, 1.54) is 0 Å². The summed E-state index contributed by atoms with van der Waals surface area (Å²) < 4.78 is 22.6. The summed E-state index contributed by atoms with van der Waals surface area (Å²) >= 11 is 0. The lowest BCUT2D eigenvalue weighted by molar-refractivity contribution is 0.392. The molecule has 14 heavy (non-hydrogen) atoms. The van der Waals surface area contributed by atoms with Gasteiger partial charge in [0.1, 0.15) is 0 Å². The van der Waals surface area contributed by atoms with Crippen LogP contribution < -0.4 is 11.1 Å². The molecular formula is C9H16N2O2S. The summed E-state index contributed by atoms with van der Waals surface area (Å²) in [7, 11) is -2.89. The fraction of sp³-hybridized carbons (Fsp3) is 0.778. The standard InChI is InChI=1S/C9H16N2O2S/c1-2-3-5-11-9(7-10)4-6-14(12,13)8-9/h11H,4-8,10H2,1H3. The Labute approximate surface area is 85.2 Å². The van der Waals surface area contributed by atoms with Gasteiger partial charge in [0.25, 0.3) is 0 Å². The summed E-state index contributed by atoms with van der Waals surface area (Å²) in [6.45, 7) is 2.60. The minimum atomic E-state index is -2.89. The van der Waals surface area contributed by atoms with E-state index in [-0.39, 0.29) is 11.5 Å². The van der Waals surface area contributed by atoms with Crippen molar-refractivity contribution in [3.05, 3.63) is 0 Å². The summed E-state index contributed by atoms with van der Waals surface area (Å²) in [6, 6.07) is 0. The van der Waals surface area contributed by atoms with E-state index < -0.39 is 15.4 Å². The molecule has 1 unspecified atom stereocenters. The van der Waals surface area contributed by atoms with Crippen LogP contribution in [-0.2, 0) is 9.84 Å². The molecule has 0 aromatic heterocycles. The monoisotopic (exact) mass is 216 g/mol. The van der Waals surface area contributed by atoms with Crippen LogP contribution >= 0.6 is 0 Å². The number of hydrogen-bond acceptors (Lipinski definition) is 4. The lowest BCUT2D eigenvalue weighted by Gasteiger charge is -2.26. The Kier molecular flexibility index (Phi) is 3.53. The van der Waals surface area contributed by atoms with Crippen LogP contribution in [-0.4, -0.2) is 38.6 Å². The summed E-state index contributed by atoms with van der Waals surface area (Å²) in [5.41, 5.74) is 5.16. The molecule has 0 amide bonds. The quantitative estimate of drug-likeness (QED) is 0.601. The maximum atomic E-state index is 11.3. The Hall–Kier alpha value is -0.570. The molecule has 5 heteroatoms. The Bertz CT molecular complexity index is 353. The average Bonchev–Trinajstić information content (AvgIpc) is 2.44. The zero-order valence-corrected chi connectivity index (χ0v) is 9.15. The van der Waals surface area contributed by atoms with Crippen LogP contribution in [0.15, 0.2) is 0 Å². The van der Waals surface area contributed by atoms with Gasteiger partial charge in [0, 0.05) is 12.1 Å². The molecule has 4 nitrogen and oxygen atoms in total. The first kappa shape index (κ1) is 11.5. The first-order valence-corrected chi connectivity index (χ1v) is 6.41. The molecule has 0 aliphatic carbocycles. The fourth-order valence-corrected chi connectivity index (χ4v) is 3.66. The van der Waals surface area contributed by atoms with Crippen molar-refractivity contribution in [3.8, 4) is 11.8 Å². The second kappa shape index (κ2) is 4.30. The van der Waals surface area contributed by atoms with Crippen LogP contribution in [0.4, 0.5) is 0 Å². The van der Waals surface area contributed by atoms with E-state index in [9.17, 15) is 8.42 Å². The molecule has 1 aliphatic heterocycles. The minimum Gasteiger partial charge on any atom is -0.329 e. The lowest BCUT2D eigenvalue weighted by Crippen LogP contribution is -2.52. The Balaban J connectivity index is 2.64. The van der Waals surface area contributed by atoms with Crippen LogP contribution in [0.25, 0.3) is 0 Å². The fourth-order valence-electron chi connectivity index (χ4n) is 1.61. The van der Waals surface area contributed by atoms with E-state index in [2.05, 4.69) is 17.2 Å². The molecule has 1 atom stereocenters. The van der Waals surface area contributed by atoms with E-state index in [0.29, 0.717) is 19.5 Å². The topological polar surface area (TPSA) is 72.2 Å². The molecule has 1 heterocycles. The average molecular weight is 216 g/mol. The van der Waals surface area contributed by atoms with E-state index in [4.69, 9.17) is 5.73 Å². The molecule has 3 N–H and O–H groups in total. The van der Waals surface area contributed by atoms with Gasteiger partial charge in [-0.05, 0) is 13.3 Å². The van der Waals surface area contributed by atoms with Gasteiger partial charge >= 0.3 is 0 Å².